The summed E-state index contributed by atoms with van der Waals surface area (Å²) in [5, 5.41) is 0. The van der Waals surface area contributed by atoms with Gasteiger partial charge < -0.3 is 23.7 Å². The van der Waals surface area contributed by atoms with Gasteiger partial charge in [-0.3, -0.25) is 0 Å². The highest BCUT2D eigenvalue weighted by Gasteiger charge is 1.95. The lowest BCUT2D eigenvalue weighted by atomic mass is 10.1. The standard InChI is InChI=1S/C16H34O5/c1-4-6-17-8-10-19-12-14-21-15-13-20-11-9-18-7-5-16(2)3/h16H,4-15H2,1-3H3. The van der Waals surface area contributed by atoms with Crippen LogP contribution >= 0.6 is 0 Å². The van der Waals surface area contributed by atoms with E-state index >= 15 is 0 Å². The Bertz CT molecular complexity index is 188. The summed E-state index contributed by atoms with van der Waals surface area (Å²) in [4.78, 5) is 0. The molecule has 0 fully saturated rings. The molecule has 0 amide bonds. The van der Waals surface area contributed by atoms with Crippen molar-refractivity contribution < 1.29 is 23.7 Å². The van der Waals surface area contributed by atoms with Crippen molar-refractivity contribution in [1.29, 1.82) is 0 Å². The molecule has 0 atom stereocenters. The van der Waals surface area contributed by atoms with Crippen LogP contribution in [0.25, 0.3) is 0 Å². The van der Waals surface area contributed by atoms with Crippen LogP contribution in [0.1, 0.15) is 33.6 Å². The van der Waals surface area contributed by atoms with Crippen molar-refractivity contribution in [2.24, 2.45) is 5.92 Å². The molecule has 5 nitrogen and oxygen atoms in total. The smallest absolute Gasteiger partial charge is 0.0701 e. The van der Waals surface area contributed by atoms with Gasteiger partial charge in [-0.1, -0.05) is 20.8 Å². The van der Waals surface area contributed by atoms with Gasteiger partial charge in [-0.05, 0) is 18.8 Å². The van der Waals surface area contributed by atoms with Crippen LogP contribution in [0, 0.1) is 5.92 Å². The van der Waals surface area contributed by atoms with Gasteiger partial charge in [0.25, 0.3) is 0 Å². The molecule has 0 radical (unpaired) electrons. The zero-order chi connectivity index (χ0) is 15.6. The molecule has 0 saturated carbocycles. The zero-order valence-electron chi connectivity index (χ0n) is 14.1. The summed E-state index contributed by atoms with van der Waals surface area (Å²) in [5.41, 5.74) is 0. The molecule has 128 valence electrons. The van der Waals surface area contributed by atoms with Crippen LogP contribution < -0.4 is 0 Å². The maximum Gasteiger partial charge on any atom is 0.0701 e. The van der Waals surface area contributed by atoms with Crippen molar-refractivity contribution in [3.8, 4) is 0 Å². The first-order valence-electron chi connectivity index (χ1n) is 8.16. The average Bonchev–Trinajstić information content (AvgIpc) is 2.46. The van der Waals surface area contributed by atoms with Gasteiger partial charge in [-0.2, -0.15) is 0 Å². The maximum atomic E-state index is 5.45. The fourth-order valence-corrected chi connectivity index (χ4v) is 1.45. The lowest BCUT2D eigenvalue weighted by Gasteiger charge is -2.08. The highest BCUT2D eigenvalue weighted by Crippen LogP contribution is 1.98. The summed E-state index contributed by atoms with van der Waals surface area (Å²) < 4.78 is 26.9. The van der Waals surface area contributed by atoms with Crippen molar-refractivity contribution in [1.82, 2.24) is 0 Å². The molecule has 0 rings (SSSR count). The van der Waals surface area contributed by atoms with E-state index in [0.29, 0.717) is 58.8 Å². The number of rotatable bonds is 17. The summed E-state index contributed by atoms with van der Waals surface area (Å²) in [6.45, 7) is 13.1. The van der Waals surface area contributed by atoms with Gasteiger partial charge in [0, 0.05) is 13.2 Å². The minimum Gasteiger partial charge on any atom is -0.379 e. The monoisotopic (exact) mass is 306 g/mol. The second-order valence-corrected chi connectivity index (χ2v) is 5.24. The molecule has 0 saturated heterocycles. The molecule has 0 heterocycles. The Morgan fingerprint density at radius 2 is 0.857 bits per heavy atom. The average molecular weight is 306 g/mol. The molecule has 0 N–H and O–H groups in total. The Kier molecular flexibility index (Phi) is 17.7. The Labute approximate surface area is 130 Å². The summed E-state index contributed by atoms with van der Waals surface area (Å²) in [7, 11) is 0. The third-order valence-corrected chi connectivity index (χ3v) is 2.68. The van der Waals surface area contributed by atoms with E-state index in [1.54, 1.807) is 0 Å². The van der Waals surface area contributed by atoms with Crippen LogP contribution in [0.4, 0.5) is 0 Å². The second-order valence-electron chi connectivity index (χ2n) is 5.24. The number of ether oxygens (including phenoxy) is 5. The third kappa shape index (κ3) is 19.8. The van der Waals surface area contributed by atoms with Crippen LogP contribution in [0.15, 0.2) is 0 Å². The van der Waals surface area contributed by atoms with Gasteiger partial charge in [0.2, 0.25) is 0 Å². The van der Waals surface area contributed by atoms with Crippen LogP contribution in [0.3, 0.4) is 0 Å². The normalized spacial score (nSPS) is 11.4. The zero-order valence-corrected chi connectivity index (χ0v) is 14.1. The first-order chi connectivity index (χ1) is 10.3. The molecular formula is C16H34O5. The Morgan fingerprint density at radius 3 is 1.19 bits per heavy atom. The van der Waals surface area contributed by atoms with Gasteiger partial charge in [0.15, 0.2) is 0 Å². The van der Waals surface area contributed by atoms with Gasteiger partial charge in [0.1, 0.15) is 0 Å². The largest absolute Gasteiger partial charge is 0.379 e. The Hall–Kier alpha value is -0.200. The fraction of sp³-hybridized carbons (Fsp3) is 1.00. The molecule has 0 aliphatic heterocycles. The molecule has 0 aromatic rings. The molecule has 21 heavy (non-hydrogen) atoms. The van der Waals surface area contributed by atoms with Crippen LogP contribution in [-0.4, -0.2) is 66.1 Å². The van der Waals surface area contributed by atoms with Crippen molar-refractivity contribution in [2.75, 3.05) is 66.1 Å². The van der Waals surface area contributed by atoms with Gasteiger partial charge in [0.05, 0.1) is 52.9 Å². The molecule has 0 spiro atoms. The molecule has 0 aromatic heterocycles. The second kappa shape index (κ2) is 17.9. The molecule has 5 heteroatoms. The summed E-state index contributed by atoms with van der Waals surface area (Å²) >= 11 is 0. The van der Waals surface area contributed by atoms with Crippen molar-refractivity contribution in [3.05, 3.63) is 0 Å². The maximum absolute atomic E-state index is 5.45. The molecule has 0 bridgehead atoms. The van der Waals surface area contributed by atoms with E-state index in [4.69, 9.17) is 23.7 Å². The van der Waals surface area contributed by atoms with E-state index in [2.05, 4.69) is 20.8 Å². The topological polar surface area (TPSA) is 46.2 Å². The summed E-state index contributed by atoms with van der Waals surface area (Å²) in [6.07, 6.45) is 2.15. The van der Waals surface area contributed by atoms with E-state index < -0.39 is 0 Å². The number of hydrogen-bond acceptors (Lipinski definition) is 5. The van der Waals surface area contributed by atoms with E-state index in [-0.39, 0.29) is 0 Å². The first kappa shape index (κ1) is 20.8. The third-order valence-electron chi connectivity index (χ3n) is 2.68. The highest BCUT2D eigenvalue weighted by molar-refractivity contribution is 4.42. The fourth-order valence-electron chi connectivity index (χ4n) is 1.45. The van der Waals surface area contributed by atoms with Crippen molar-refractivity contribution in [2.45, 2.75) is 33.6 Å². The summed E-state index contributed by atoms with van der Waals surface area (Å²) in [6, 6.07) is 0. The molecule has 0 unspecified atom stereocenters. The first-order valence-corrected chi connectivity index (χ1v) is 8.16. The van der Waals surface area contributed by atoms with Crippen LogP contribution in [0.2, 0.25) is 0 Å². The van der Waals surface area contributed by atoms with Gasteiger partial charge in [-0.25, -0.2) is 0 Å². The molecule has 0 aromatic carbocycles. The highest BCUT2D eigenvalue weighted by atomic mass is 16.6. The molecule has 0 aliphatic rings. The van der Waals surface area contributed by atoms with Crippen LogP contribution in [0.5, 0.6) is 0 Å². The Morgan fingerprint density at radius 1 is 0.524 bits per heavy atom. The number of hydrogen-bond donors (Lipinski definition) is 0. The van der Waals surface area contributed by atoms with E-state index in [0.717, 1.165) is 26.1 Å². The van der Waals surface area contributed by atoms with E-state index in [1.165, 1.54) is 0 Å². The van der Waals surface area contributed by atoms with Gasteiger partial charge in [-0.15, -0.1) is 0 Å². The molecule has 0 aliphatic carbocycles. The summed E-state index contributed by atoms with van der Waals surface area (Å²) in [5.74, 6) is 0.694. The predicted molar refractivity (Wildman–Crippen MR) is 83.8 cm³/mol. The quantitative estimate of drug-likeness (QED) is 0.386. The van der Waals surface area contributed by atoms with Gasteiger partial charge >= 0.3 is 0 Å². The lowest BCUT2D eigenvalue weighted by molar-refractivity contribution is -0.0115. The Balaban J connectivity index is 2.93. The SMILES string of the molecule is CCCOCCOCCOCCOCCOCCC(C)C. The van der Waals surface area contributed by atoms with Crippen molar-refractivity contribution in [3.63, 3.8) is 0 Å². The van der Waals surface area contributed by atoms with Crippen molar-refractivity contribution >= 4 is 0 Å². The minimum atomic E-state index is 0.599. The van der Waals surface area contributed by atoms with E-state index in [1.807, 2.05) is 0 Å². The van der Waals surface area contributed by atoms with E-state index in [9.17, 15) is 0 Å². The van der Waals surface area contributed by atoms with Crippen LogP contribution in [-0.2, 0) is 23.7 Å². The molecular weight excluding hydrogens is 272 g/mol. The predicted octanol–water partition coefficient (Wildman–Crippen LogP) is 2.53. The lowest BCUT2D eigenvalue weighted by Crippen LogP contribution is -2.13. The minimum absolute atomic E-state index is 0.599.